The van der Waals surface area contributed by atoms with Crippen molar-refractivity contribution < 1.29 is 0 Å². The zero-order chi connectivity index (χ0) is 13.0. The van der Waals surface area contributed by atoms with Gasteiger partial charge >= 0.3 is 0 Å². The number of rotatable bonds is 5. The van der Waals surface area contributed by atoms with Crippen molar-refractivity contribution in [1.29, 1.82) is 0 Å². The van der Waals surface area contributed by atoms with Crippen LogP contribution in [0.15, 0.2) is 42.7 Å². The van der Waals surface area contributed by atoms with Crippen molar-refractivity contribution in [2.45, 2.75) is 13.1 Å². The van der Waals surface area contributed by atoms with Crippen LogP contribution in [0.25, 0.3) is 0 Å². The number of hydrogen-bond acceptors (Lipinski definition) is 2. The Morgan fingerprint density at radius 1 is 1.17 bits per heavy atom. The second-order valence-corrected chi connectivity index (χ2v) is 4.98. The van der Waals surface area contributed by atoms with Crippen LogP contribution in [-0.2, 0) is 20.1 Å². The summed E-state index contributed by atoms with van der Waals surface area (Å²) < 4.78 is 2.07. The number of anilines is 1. The molecule has 0 amide bonds. The molecule has 0 unspecified atom stereocenters. The molecule has 18 heavy (non-hydrogen) atoms. The SMILES string of the molecule is CN(C)Cc1cccc(NCc2ccn(C)c2)c1. The van der Waals surface area contributed by atoms with Crippen LogP contribution >= 0.6 is 0 Å². The monoisotopic (exact) mass is 243 g/mol. The molecule has 3 nitrogen and oxygen atoms in total. The molecule has 0 aliphatic rings. The van der Waals surface area contributed by atoms with Gasteiger partial charge < -0.3 is 14.8 Å². The molecule has 0 atom stereocenters. The molecule has 1 aromatic carbocycles. The average Bonchev–Trinajstić information content (AvgIpc) is 2.72. The highest BCUT2D eigenvalue weighted by atomic mass is 15.0. The normalized spacial score (nSPS) is 10.9. The lowest BCUT2D eigenvalue weighted by atomic mass is 10.2. The van der Waals surface area contributed by atoms with E-state index in [2.05, 4.69) is 71.6 Å². The maximum atomic E-state index is 3.46. The van der Waals surface area contributed by atoms with E-state index >= 15 is 0 Å². The lowest BCUT2D eigenvalue weighted by Crippen LogP contribution is -2.10. The van der Waals surface area contributed by atoms with E-state index in [-0.39, 0.29) is 0 Å². The van der Waals surface area contributed by atoms with E-state index in [0.717, 1.165) is 13.1 Å². The molecule has 0 fully saturated rings. The minimum Gasteiger partial charge on any atom is -0.381 e. The molecule has 1 N–H and O–H groups in total. The first-order chi connectivity index (χ1) is 8.63. The predicted octanol–water partition coefficient (Wildman–Crippen LogP) is 2.70. The summed E-state index contributed by atoms with van der Waals surface area (Å²) >= 11 is 0. The Kier molecular flexibility index (Phi) is 4.05. The van der Waals surface area contributed by atoms with Crippen molar-refractivity contribution in [3.05, 3.63) is 53.9 Å². The van der Waals surface area contributed by atoms with Gasteiger partial charge in [-0.1, -0.05) is 12.1 Å². The van der Waals surface area contributed by atoms with Crippen molar-refractivity contribution in [1.82, 2.24) is 9.47 Å². The average molecular weight is 243 g/mol. The first-order valence-corrected chi connectivity index (χ1v) is 6.22. The summed E-state index contributed by atoms with van der Waals surface area (Å²) in [4.78, 5) is 2.18. The van der Waals surface area contributed by atoms with Gasteiger partial charge in [0, 0.05) is 38.2 Å². The standard InChI is InChI=1S/C15H21N3/c1-17(2)11-13-5-4-6-15(9-13)16-10-14-7-8-18(3)12-14/h4-9,12,16H,10-11H2,1-3H3. The zero-order valence-electron chi connectivity index (χ0n) is 11.4. The van der Waals surface area contributed by atoms with E-state index in [1.807, 2.05) is 7.05 Å². The first-order valence-electron chi connectivity index (χ1n) is 6.22. The Balaban J connectivity index is 1.96. The van der Waals surface area contributed by atoms with Gasteiger partial charge in [-0.05, 0) is 43.4 Å². The van der Waals surface area contributed by atoms with Gasteiger partial charge in [0.25, 0.3) is 0 Å². The molecule has 1 aromatic heterocycles. The van der Waals surface area contributed by atoms with Gasteiger partial charge in [0.15, 0.2) is 0 Å². The fourth-order valence-electron chi connectivity index (χ4n) is 2.01. The smallest absolute Gasteiger partial charge is 0.0415 e. The van der Waals surface area contributed by atoms with E-state index in [1.54, 1.807) is 0 Å². The van der Waals surface area contributed by atoms with Gasteiger partial charge in [-0.25, -0.2) is 0 Å². The minimum atomic E-state index is 0.867. The summed E-state index contributed by atoms with van der Waals surface area (Å²) in [5.41, 5.74) is 3.81. The van der Waals surface area contributed by atoms with E-state index in [0.29, 0.717) is 0 Å². The molecule has 0 aliphatic heterocycles. The van der Waals surface area contributed by atoms with Gasteiger partial charge in [0.05, 0.1) is 0 Å². The molecule has 0 saturated carbocycles. The molecule has 2 aromatic rings. The Labute approximate surface area is 109 Å². The van der Waals surface area contributed by atoms with Crippen LogP contribution in [-0.4, -0.2) is 23.6 Å². The fourth-order valence-corrected chi connectivity index (χ4v) is 2.01. The molecule has 1 heterocycles. The van der Waals surface area contributed by atoms with Gasteiger partial charge in [-0.2, -0.15) is 0 Å². The Morgan fingerprint density at radius 2 is 2.00 bits per heavy atom. The summed E-state index contributed by atoms with van der Waals surface area (Å²) in [6.07, 6.45) is 4.20. The van der Waals surface area contributed by atoms with Crippen LogP contribution in [0.5, 0.6) is 0 Å². The molecule has 0 aliphatic carbocycles. The summed E-state index contributed by atoms with van der Waals surface area (Å²) in [6.45, 7) is 1.84. The van der Waals surface area contributed by atoms with Crippen molar-refractivity contribution >= 4 is 5.69 Å². The molecule has 3 heteroatoms. The van der Waals surface area contributed by atoms with E-state index in [1.165, 1.54) is 16.8 Å². The second kappa shape index (κ2) is 5.74. The highest BCUT2D eigenvalue weighted by molar-refractivity contribution is 5.46. The number of aryl methyl sites for hydroxylation is 1. The zero-order valence-corrected chi connectivity index (χ0v) is 11.4. The van der Waals surface area contributed by atoms with Crippen LogP contribution in [0.1, 0.15) is 11.1 Å². The van der Waals surface area contributed by atoms with Crippen molar-refractivity contribution in [2.24, 2.45) is 7.05 Å². The first kappa shape index (κ1) is 12.7. The molecular weight excluding hydrogens is 222 g/mol. The number of benzene rings is 1. The maximum Gasteiger partial charge on any atom is 0.0415 e. The third-order valence-corrected chi connectivity index (χ3v) is 2.82. The summed E-state index contributed by atoms with van der Waals surface area (Å²) in [5.74, 6) is 0. The van der Waals surface area contributed by atoms with Crippen LogP contribution in [0.3, 0.4) is 0 Å². The second-order valence-electron chi connectivity index (χ2n) is 4.98. The lowest BCUT2D eigenvalue weighted by Gasteiger charge is -2.11. The molecule has 96 valence electrons. The summed E-state index contributed by atoms with van der Waals surface area (Å²) in [7, 11) is 6.22. The Hall–Kier alpha value is -1.74. The van der Waals surface area contributed by atoms with Gasteiger partial charge in [0.1, 0.15) is 0 Å². The van der Waals surface area contributed by atoms with Gasteiger partial charge in [-0.3, -0.25) is 0 Å². The van der Waals surface area contributed by atoms with Crippen molar-refractivity contribution in [3.8, 4) is 0 Å². The third kappa shape index (κ3) is 3.64. The lowest BCUT2D eigenvalue weighted by molar-refractivity contribution is 0.402. The highest BCUT2D eigenvalue weighted by Gasteiger charge is 1.98. The Bertz CT molecular complexity index is 500. The molecule has 0 bridgehead atoms. The van der Waals surface area contributed by atoms with Crippen molar-refractivity contribution in [2.75, 3.05) is 19.4 Å². The molecule has 2 rings (SSSR count). The van der Waals surface area contributed by atoms with Gasteiger partial charge in [0.2, 0.25) is 0 Å². The molecule has 0 saturated heterocycles. The summed E-state index contributed by atoms with van der Waals surface area (Å²) in [5, 5.41) is 3.46. The maximum absolute atomic E-state index is 3.46. The number of nitrogens with zero attached hydrogens (tertiary/aromatic N) is 2. The van der Waals surface area contributed by atoms with Crippen LogP contribution in [0.2, 0.25) is 0 Å². The number of nitrogens with one attached hydrogen (secondary N) is 1. The molecule has 0 spiro atoms. The molecule has 0 radical (unpaired) electrons. The van der Waals surface area contributed by atoms with E-state index in [4.69, 9.17) is 0 Å². The van der Waals surface area contributed by atoms with E-state index in [9.17, 15) is 0 Å². The van der Waals surface area contributed by atoms with Crippen molar-refractivity contribution in [3.63, 3.8) is 0 Å². The molecular formula is C15H21N3. The third-order valence-electron chi connectivity index (χ3n) is 2.82. The number of hydrogen-bond donors (Lipinski definition) is 1. The number of aromatic nitrogens is 1. The summed E-state index contributed by atoms with van der Waals surface area (Å²) in [6, 6.07) is 10.7. The highest BCUT2D eigenvalue weighted by Crippen LogP contribution is 2.13. The fraction of sp³-hybridized carbons (Fsp3) is 0.333. The van der Waals surface area contributed by atoms with Crippen LogP contribution < -0.4 is 5.32 Å². The predicted molar refractivity (Wildman–Crippen MR) is 76.6 cm³/mol. The topological polar surface area (TPSA) is 20.2 Å². The van der Waals surface area contributed by atoms with Gasteiger partial charge in [-0.15, -0.1) is 0 Å². The largest absolute Gasteiger partial charge is 0.381 e. The van der Waals surface area contributed by atoms with E-state index < -0.39 is 0 Å². The minimum absolute atomic E-state index is 0.867. The Morgan fingerprint density at radius 3 is 2.67 bits per heavy atom. The van der Waals surface area contributed by atoms with Crippen LogP contribution in [0.4, 0.5) is 5.69 Å². The van der Waals surface area contributed by atoms with Crippen LogP contribution in [0, 0.1) is 0 Å². The quantitative estimate of drug-likeness (QED) is 0.871.